The SMILES string of the molecule is CC(O)CCSc1nscc1C(N)=O. The van der Waals surface area contributed by atoms with Crippen LogP contribution in [0.5, 0.6) is 0 Å². The summed E-state index contributed by atoms with van der Waals surface area (Å²) in [6, 6.07) is 0. The lowest BCUT2D eigenvalue weighted by molar-refractivity contribution is 0.0997. The molecule has 1 atom stereocenters. The molecule has 1 aromatic rings. The molecule has 4 nitrogen and oxygen atoms in total. The second kappa shape index (κ2) is 5.33. The molecule has 78 valence electrons. The Morgan fingerprint density at radius 1 is 1.86 bits per heavy atom. The van der Waals surface area contributed by atoms with E-state index < -0.39 is 5.91 Å². The first-order valence-corrected chi connectivity index (χ1v) is 5.98. The number of carbonyl (C=O) groups is 1. The Bertz CT molecular complexity index is 312. The van der Waals surface area contributed by atoms with E-state index in [1.165, 1.54) is 23.3 Å². The monoisotopic (exact) mass is 232 g/mol. The van der Waals surface area contributed by atoms with Gasteiger partial charge in [-0.3, -0.25) is 4.79 Å². The van der Waals surface area contributed by atoms with Gasteiger partial charge >= 0.3 is 0 Å². The van der Waals surface area contributed by atoms with Gasteiger partial charge in [0.05, 0.1) is 11.7 Å². The van der Waals surface area contributed by atoms with Crippen molar-refractivity contribution in [2.45, 2.75) is 24.5 Å². The van der Waals surface area contributed by atoms with Crippen molar-refractivity contribution in [1.29, 1.82) is 0 Å². The van der Waals surface area contributed by atoms with Crippen LogP contribution in [0, 0.1) is 0 Å². The topological polar surface area (TPSA) is 76.2 Å². The molecule has 1 heterocycles. The van der Waals surface area contributed by atoms with Gasteiger partial charge in [-0.2, -0.15) is 4.37 Å². The molecule has 1 unspecified atom stereocenters. The van der Waals surface area contributed by atoms with Gasteiger partial charge in [-0.1, -0.05) is 0 Å². The summed E-state index contributed by atoms with van der Waals surface area (Å²) in [7, 11) is 0. The van der Waals surface area contributed by atoms with Crippen LogP contribution in [0.1, 0.15) is 23.7 Å². The highest BCUT2D eigenvalue weighted by molar-refractivity contribution is 7.99. The van der Waals surface area contributed by atoms with Crippen LogP contribution in [-0.4, -0.2) is 27.2 Å². The Morgan fingerprint density at radius 3 is 3.14 bits per heavy atom. The number of primary amides is 1. The minimum absolute atomic E-state index is 0.321. The molecule has 0 radical (unpaired) electrons. The lowest BCUT2D eigenvalue weighted by Crippen LogP contribution is -2.11. The Morgan fingerprint density at radius 2 is 2.57 bits per heavy atom. The molecule has 14 heavy (non-hydrogen) atoms. The number of hydrogen-bond acceptors (Lipinski definition) is 5. The van der Waals surface area contributed by atoms with E-state index in [1.54, 1.807) is 12.3 Å². The van der Waals surface area contributed by atoms with E-state index in [0.717, 1.165) is 5.75 Å². The van der Waals surface area contributed by atoms with Gasteiger partial charge in [0.2, 0.25) is 0 Å². The van der Waals surface area contributed by atoms with Crippen LogP contribution in [0.2, 0.25) is 0 Å². The molecule has 0 fully saturated rings. The van der Waals surface area contributed by atoms with Crippen LogP contribution < -0.4 is 5.73 Å². The molecule has 0 aliphatic heterocycles. The van der Waals surface area contributed by atoms with Gasteiger partial charge in [-0.05, 0) is 24.9 Å². The van der Waals surface area contributed by atoms with E-state index in [2.05, 4.69) is 4.37 Å². The van der Waals surface area contributed by atoms with Crippen LogP contribution in [-0.2, 0) is 0 Å². The van der Waals surface area contributed by atoms with Gasteiger partial charge in [0.25, 0.3) is 5.91 Å². The molecule has 3 N–H and O–H groups in total. The van der Waals surface area contributed by atoms with Crippen LogP contribution in [0.25, 0.3) is 0 Å². The highest BCUT2D eigenvalue weighted by Crippen LogP contribution is 2.23. The van der Waals surface area contributed by atoms with Gasteiger partial charge in [-0.15, -0.1) is 11.8 Å². The third-order valence-corrected chi connectivity index (χ3v) is 3.35. The smallest absolute Gasteiger partial charge is 0.252 e. The minimum Gasteiger partial charge on any atom is -0.393 e. The summed E-state index contributed by atoms with van der Waals surface area (Å²) in [5.41, 5.74) is 5.63. The normalized spacial score (nSPS) is 12.7. The van der Waals surface area contributed by atoms with E-state index in [1.807, 2.05) is 0 Å². The lowest BCUT2D eigenvalue weighted by atomic mass is 10.3. The minimum atomic E-state index is -0.446. The summed E-state index contributed by atoms with van der Waals surface area (Å²) in [6.07, 6.45) is 0.360. The number of aromatic nitrogens is 1. The van der Waals surface area contributed by atoms with Crippen molar-refractivity contribution in [3.8, 4) is 0 Å². The molecule has 0 aliphatic rings. The fraction of sp³-hybridized carbons (Fsp3) is 0.500. The van der Waals surface area contributed by atoms with Crippen molar-refractivity contribution in [1.82, 2.24) is 4.37 Å². The fourth-order valence-electron chi connectivity index (χ4n) is 0.820. The molecule has 1 rings (SSSR count). The molecule has 0 aliphatic carbocycles. The number of hydrogen-bond donors (Lipinski definition) is 2. The van der Waals surface area contributed by atoms with Gasteiger partial charge in [-0.25, -0.2) is 0 Å². The molecule has 0 bridgehead atoms. The average Bonchev–Trinajstić information content (AvgIpc) is 2.51. The number of aliphatic hydroxyl groups is 1. The number of carbonyl (C=O) groups excluding carboxylic acids is 1. The number of nitrogens with two attached hydrogens (primary N) is 1. The van der Waals surface area contributed by atoms with E-state index in [4.69, 9.17) is 10.8 Å². The Kier molecular flexibility index (Phi) is 4.37. The Balaban J connectivity index is 2.50. The third kappa shape index (κ3) is 3.28. The van der Waals surface area contributed by atoms with E-state index in [0.29, 0.717) is 17.0 Å². The second-order valence-electron chi connectivity index (χ2n) is 2.88. The van der Waals surface area contributed by atoms with Gasteiger partial charge in [0.15, 0.2) is 0 Å². The first-order valence-electron chi connectivity index (χ1n) is 4.16. The molecule has 1 aromatic heterocycles. The molecular weight excluding hydrogens is 220 g/mol. The van der Waals surface area contributed by atoms with Crippen molar-refractivity contribution in [2.24, 2.45) is 5.73 Å². The number of rotatable bonds is 5. The third-order valence-electron chi connectivity index (χ3n) is 1.58. The maximum atomic E-state index is 10.9. The molecule has 6 heteroatoms. The van der Waals surface area contributed by atoms with Crippen molar-refractivity contribution >= 4 is 29.2 Å². The number of amides is 1. The van der Waals surface area contributed by atoms with Gasteiger partial charge in [0.1, 0.15) is 5.03 Å². The van der Waals surface area contributed by atoms with E-state index >= 15 is 0 Å². The van der Waals surface area contributed by atoms with Crippen LogP contribution in [0.15, 0.2) is 10.4 Å². The quantitative estimate of drug-likeness (QED) is 0.745. The fourth-order valence-corrected chi connectivity index (χ4v) is 2.78. The van der Waals surface area contributed by atoms with Gasteiger partial charge < -0.3 is 10.8 Å². The largest absolute Gasteiger partial charge is 0.393 e. The summed E-state index contributed by atoms with van der Waals surface area (Å²) >= 11 is 2.67. The zero-order valence-corrected chi connectivity index (χ0v) is 9.40. The second-order valence-corrected chi connectivity index (χ2v) is 4.60. The Hall–Kier alpha value is -0.590. The van der Waals surface area contributed by atoms with E-state index in [-0.39, 0.29) is 6.10 Å². The van der Waals surface area contributed by atoms with Gasteiger partial charge in [0, 0.05) is 11.1 Å². The number of aliphatic hydroxyl groups excluding tert-OH is 1. The maximum absolute atomic E-state index is 10.9. The zero-order chi connectivity index (χ0) is 10.6. The number of nitrogens with zero attached hydrogens (tertiary/aromatic N) is 1. The van der Waals surface area contributed by atoms with Crippen molar-refractivity contribution in [2.75, 3.05) is 5.75 Å². The van der Waals surface area contributed by atoms with Crippen LogP contribution in [0.3, 0.4) is 0 Å². The molecule has 0 aromatic carbocycles. The van der Waals surface area contributed by atoms with Crippen molar-refractivity contribution in [3.63, 3.8) is 0 Å². The van der Waals surface area contributed by atoms with Crippen molar-refractivity contribution in [3.05, 3.63) is 10.9 Å². The van der Waals surface area contributed by atoms with Crippen LogP contribution >= 0.6 is 23.3 Å². The summed E-state index contributed by atoms with van der Waals surface area (Å²) in [5, 5.41) is 11.4. The van der Waals surface area contributed by atoms with Crippen LogP contribution in [0.4, 0.5) is 0 Å². The summed E-state index contributed by atoms with van der Waals surface area (Å²) in [4.78, 5) is 10.9. The molecule has 1 amide bonds. The highest BCUT2D eigenvalue weighted by Gasteiger charge is 2.11. The maximum Gasteiger partial charge on any atom is 0.252 e. The zero-order valence-electron chi connectivity index (χ0n) is 7.77. The first-order chi connectivity index (χ1) is 6.61. The summed E-state index contributed by atoms with van der Waals surface area (Å²) < 4.78 is 4.06. The predicted octanol–water partition coefficient (Wildman–Crippen LogP) is 1.10. The average molecular weight is 232 g/mol. The lowest BCUT2D eigenvalue weighted by Gasteiger charge is -2.02. The molecular formula is C8H12N2O2S2. The van der Waals surface area contributed by atoms with E-state index in [9.17, 15) is 4.79 Å². The van der Waals surface area contributed by atoms with Crippen molar-refractivity contribution < 1.29 is 9.90 Å². The Labute approximate surface area is 90.7 Å². The summed E-state index contributed by atoms with van der Waals surface area (Å²) in [6.45, 7) is 1.73. The molecule has 0 saturated heterocycles. The number of thioether (sulfide) groups is 1. The molecule has 0 spiro atoms. The first kappa shape index (κ1) is 11.5. The summed E-state index contributed by atoms with van der Waals surface area (Å²) in [5.74, 6) is 0.292. The highest BCUT2D eigenvalue weighted by atomic mass is 32.2. The standard InChI is InChI=1S/C8H12N2O2S2/c1-5(11)2-3-13-8-6(7(9)12)4-14-10-8/h4-5,11H,2-3H2,1H3,(H2,9,12). The predicted molar refractivity (Wildman–Crippen MR) is 57.7 cm³/mol. The molecule has 0 saturated carbocycles.